The van der Waals surface area contributed by atoms with Gasteiger partial charge >= 0.3 is 0 Å². The highest BCUT2D eigenvalue weighted by atomic mass is 79.9. The molecule has 1 aromatic rings. The number of rotatable bonds is 2. The van der Waals surface area contributed by atoms with Crippen molar-refractivity contribution in [2.45, 2.75) is 11.8 Å². The third-order valence-corrected chi connectivity index (χ3v) is 5.34. The Bertz CT molecular complexity index is 323. The van der Waals surface area contributed by atoms with Crippen molar-refractivity contribution in [3.05, 3.63) is 19.2 Å². The Morgan fingerprint density at radius 2 is 2.36 bits per heavy atom. The molecule has 5 heteroatoms. The van der Waals surface area contributed by atoms with Crippen molar-refractivity contribution in [1.82, 2.24) is 0 Å². The second-order valence-corrected chi connectivity index (χ2v) is 7.52. The lowest BCUT2D eigenvalue weighted by Crippen LogP contribution is -2.07. The number of hydrogen-bond donors (Lipinski definition) is 0. The molecule has 78 valence electrons. The van der Waals surface area contributed by atoms with E-state index >= 15 is 0 Å². The second kappa shape index (κ2) is 4.83. The Morgan fingerprint density at radius 1 is 1.57 bits per heavy atom. The number of hydrogen-bond acceptors (Lipinski definition) is 2. The van der Waals surface area contributed by atoms with Gasteiger partial charge in [-0.05, 0) is 49.9 Å². The molecule has 0 aromatic carbocycles. The molecule has 2 heterocycles. The first-order chi connectivity index (χ1) is 6.68. The van der Waals surface area contributed by atoms with Gasteiger partial charge in [0.05, 0.1) is 19.6 Å². The fourth-order valence-corrected chi connectivity index (χ4v) is 5.07. The molecule has 1 aliphatic rings. The molecule has 0 amide bonds. The van der Waals surface area contributed by atoms with Gasteiger partial charge in [0.2, 0.25) is 0 Å². The van der Waals surface area contributed by atoms with Crippen molar-refractivity contribution >= 4 is 54.8 Å². The molecule has 0 spiro atoms. The highest BCUT2D eigenvalue weighted by Crippen LogP contribution is 2.42. The molecule has 1 nitrogen and oxygen atoms in total. The summed E-state index contributed by atoms with van der Waals surface area (Å²) in [7, 11) is 0. The number of thiophene rings is 1. The molecule has 1 aliphatic heterocycles. The predicted molar refractivity (Wildman–Crippen MR) is 67.2 cm³/mol. The van der Waals surface area contributed by atoms with Gasteiger partial charge in [-0.25, -0.2) is 0 Å². The highest BCUT2D eigenvalue weighted by molar-refractivity contribution is 9.12. The van der Waals surface area contributed by atoms with Crippen molar-refractivity contribution in [2.75, 3.05) is 13.2 Å². The van der Waals surface area contributed by atoms with Crippen molar-refractivity contribution < 1.29 is 4.74 Å². The van der Waals surface area contributed by atoms with Crippen LogP contribution >= 0.6 is 54.8 Å². The summed E-state index contributed by atoms with van der Waals surface area (Å²) in [6, 6.07) is 2.09. The molecule has 2 rings (SSSR count). The standard InChI is InChI=1S/C9H9Br2ClOS/c10-7-3-6(9(11)14-7)8(12)5-1-2-13-4-5/h3,5,8H,1-2,4H2. The lowest BCUT2D eigenvalue weighted by atomic mass is 10.0. The van der Waals surface area contributed by atoms with Gasteiger partial charge in [0.1, 0.15) is 0 Å². The van der Waals surface area contributed by atoms with Crippen molar-refractivity contribution in [1.29, 1.82) is 0 Å². The van der Waals surface area contributed by atoms with Crippen LogP contribution in [0.5, 0.6) is 0 Å². The minimum Gasteiger partial charge on any atom is -0.381 e. The summed E-state index contributed by atoms with van der Waals surface area (Å²) in [5.74, 6) is 0.453. The number of alkyl halides is 1. The minimum atomic E-state index is 0.0643. The van der Waals surface area contributed by atoms with E-state index < -0.39 is 0 Å². The lowest BCUT2D eigenvalue weighted by Gasteiger charge is -2.14. The van der Waals surface area contributed by atoms with E-state index in [0.717, 1.165) is 27.2 Å². The maximum atomic E-state index is 6.41. The van der Waals surface area contributed by atoms with E-state index in [2.05, 4.69) is 37.9 Å². The summed E-state index contributed by atoms with van der Waals surface area (Å²) in [4.78, 5) is 0. The molecule has 1 saturated heterocycles. The molecular weight excluding hydrogens is 351 g/mol. The summed E-state index contributed by atoms with van der Waals surface area (Å²) >= 11 is 15.1. The molecule has 14 heavy (non-hydrogen) atoms. The van der Waals surface area contributed by atoms with Crippen LogP contribution in [0.4, 0.5) is 0 Å². The molecule has 2 unspecified atom stereocenters. The van der Waals surface area contributed by atoms with E-state index in [4.69, 9.17) is 16.3 Å². The molecule has 0 bridgehead atoms. The summed E-state index contributed by atoms with van der Waals surface area (Å²) in [6.45, 7) is 1.63. The van der Waals surface area contributed by atoms with Crippen LogP contribution in [0.2, 0.25) is 0 Å². The normalized spacial score (nSPS) is 24.1. The van der Waals surface area contributed by atoms with Crippen LogP contribution in [0.15, 0.2) is 13.6 Å². The van der Waals surface area contributed by atoms with Crippen LogP contribution in [0.25, 0.3) is 0 Å². The Kier molecular flexibility index (Phi) is 3.93. The van der Waals surface area contributed by atoms with E-state index in [1.165, 1.54) is 5.56 Å². The van der Waals surface area contributed by atoms with E-state index in [0.29, 0.717) is 5.92 Å². The first-order valence-electron chi connectivity index (χ1n) is 4.35. The van der Waals surface area contributed by atoms with Crippen LogP contribution < -0.4 is 0 Å². The topological polar surface area (TPSA) is 9.23 Å². The first-order valence-corrected chi connectivity index (χ1v) is 7.19. The summed E-state index contributed by atoms with van der Waals surface area (Å²) < 4.78 is 7.57. The summed E-state index contributed by atoms with van der Waals surface area (Å²) in [5, 5.41) is 0.0643. The van der Waals surface area contributed by atoms with Gasteiger partial charge in [-0.2, -0.15) is 0 Å². The Labute approximate surface area is 109 Å². The predicted octanol–water partition coefficient (Wildman–Crippen LogP) is 4.59. The second-order valence-electron chi connectivity index (χ2n) is 3.30. The van der Waals surface area contributed by atoms with Gasteiger partial charge in [-0.15, -0.1) is 22.9 Å². The average Bonchev–Trinajstić information content (AvgIpc) is 2.73. The van der Waals surface area contributed by atoms with Gasteiger partial charge in [0.25, 0.3) is 0 Å². The maximum Gasteiger partial charge on any atom is 0.0757 e. The molecule has 0 saturated carbocycles. The summed E-state index contributed by atoms with van der Waals surface area (Å²) in [6.07, 6.45) is 1.06. The van der Waals surface area contributed by atoms with Gasteiger partial charge in [0, 0.05) is 12.5 Å². The minimum absolute atomic E-state index is 0.0643. The molecule has 0 radical (unpaired) electrons. The van der Waals surface area contributed by atoms with Gasteiger partial charge in [0.15, 0.2) is 0 Å². The van der Waals surface area contributed by atoms with E-state index in [-0.39, 0.29) is 5.38 Å². The van der Waals surface area contributed by atoms with Crippen LogP contribution in [0, 0.1) is 5.92 Å². The Hall–Kier alpha value is 0.910. The molecule has 0 N–H and O–H groups in total. The van der Waals surface area contributed by atoms with Crippen LogP contribution in [0.1, 0.15) is 17.4 Å². The number of ether oxygens (including phenoxy) is 1. The third kappa shape index (κ3) is 2.35. The molecular formula is C9H9Br2ClOS. The largest absolute Gasteiger partial charge is 0.381 e. The lowest BCUT2D eigenvalue weighted by molar-refractivity contribution is 0.185. The van der Waals surface area contributed by atoms with Gasteiger partial charge in [-0.1, -0.05) is 0 Å². The van der Waals surface area contributed by atoms with Crippen LogP contribution in [-0.4, -0.2) is 13.2 Å². The van der Waals surface area contributed by atoms with Crippen molar-refractivity contribution in [2.24, 2.45) is 5.92 Å². The SMILES string of the molecule is ClC(c1cc(Br)sc1Br)C1CCOC1. The Balaban J connectivity index is 2.17. The maximum absolute atomic E-state index is 6.41. The van der Waals surface area contributed by atoms with Crippen molar-refractivity contribution in [3.63, 3.8) is 0 Å². The zero-order valence-electron chi connectivity index (χ0n) is 7.30. The van der Waals surface area contributed by atoms with Gasteiger partial charge in [-0.3, -0.25) is 0 Å². The molecule has 2 atom stereocenters. The molecule has 0 aliphatic carbocycles. The zero-order chi connectivity index (χ0) is 10.1. The van der Waals surface area contributed by atoms with E-state index in [1.807, 2.05) is 0 Å². The highest BCUT2D eigenvalue weighted by Gasteiger charge is 2.27. The summed E-state index contributed by atoms with van der Waals surface area (Å²) in [5.41, 5.74) is 1.18. The monoisotopic (exact) mass is 358 g/mol. The first kappa shape index (κ1) is 11.4. The number of halogens is 3. The average molecular weight is 360 g/mol. The quantitative estimate of drug-likeness (QED) is 0.701. The van der Waals surface area contributed by atoms with Crippen molar-refractivity contribution in [3.8, 4) is 0 Å². The zero-order valence-corrected chi connectivity index (χ0v) is 12.0. The van der Waals surface area contributed by atoms with E-state index in [1.54, 1.807) is 11.3 Å². The van der Waals surface area contributed by atoms with Gasteiger partial charge < -0.3 is 4.74 Å². The fraction of sp³-hybridized carbons (Fsp3) is 0.556. The fourth-order valence-electron chi connectivity index (χ4n) is 1.58. The van der Waals surface area contributed by atoms with Crippen LogP contribution in [0.3, 0.4) is 0 Å². The third-order valence-electron chi connectivity index (χ3n) is 2.36. The van der Waals surface area contributed by atoms with E-state index in [9.17, 15) is 0 Å². The van der Waals surface area contributed by atoms with Crippen LogP contribution in [-0.2, 0) is 4.74 Å². The molecule has 1 aromatic heterocycles. The Morgan fingerprint density at radius 3 is 2.86 bits per heavy atom. The smallest absolute Gasteiger partial charge is 0.0757 e. The molecule has 1 fully saturated rings.